The highest BCUT2D eigenvalue weighted by Crippen LogP contribution is 2.19. The van der Waals surface area contributed by atoms with Crippen LogP contribution >= 0.6 is 0 Å². The molecule has 4 nitrogen and oxygen atoms in total. The molecule has 0 saturated carbocycles. The van der Waals surface area contributed by atoms with Gasteiger partial charge >= 0.3 is 0 Å². The van der Waals surface area contributed by atoms with Gasteiger partial charge in [-0.25, -0.2) is 0 Å². The van der Waals surface area contributed by atoms with Crippen LogP contribution in [0.1, 0.15) is 72.1 Å². The van der Waals surface area contributed by atoms with Gasteiger partial charge in [-0.05, 0) is 32.6 Å². The van der Waals surface area contributed by atoms with Gasteiger partial charge in [-0.1, -0.05) is 33.1 Å². The molecule has 0 aromatic heterocycles. The number of nitrogens with zero attached hydrogens (tertiary/aromatic N) is 1. The summed E-state index contributed by atoms with van der Waals surface area (Å²) in [4.78, 5) is 26.3. The Morgan fingerprint density at radius 1 is 1.25 bits per heavy atom. The molecule has 1 rings (SSSR count). The van der Waals surface area contributed by atoms with Crippen molar-refractivity contribution in [2.45, 2.75) is 84.2 Å². The summed E-state index contributed by atoms with van der Waals surface area (Å²) >= 11 is 0. The number of likely N-dealkylation sites (tertiary alicyclic amines) is 1. The molecule has 116 valence electrons. The quantitative estimate of drug-likeness (QED) is 0.696. The van der Waals surface area contributed by atoms with E-state index in [9.17, 15) is 9.59 Å². The van der Waals surface area contributed by atoms with Crippen LogP contribution in [0, 0.1) is 0 Å². The fourth-order valence-corrected chi connectivity index (χ4v) is 2.85. The van der Waals surface area contributed by atoms with Crippen molar-refractivity contribution >= 4 is 11.8 Å². The summed E-state index contributed by atoms with van der Waals surface area (Å²) in [5.74, 6) is 0.187. The van der Waals surface area contributed by atoms with Gasteiger partial charge in [0.1, 0.15) is 6.04 Å². The Labute approximate surface area is 123 Å². The maximum Gasteiger partial charge on any atom is 0.243 e. The largest absolute Gasteiger partial charge is 0.352 e. The van der Waals surface area contributed by atoms with E-state index in [0.29, 0.717) is 6.42 Å². The standard InChI is InChI=1S/C16H30N2O2/c1-4-6-7-11-15(19)18-12-8-10-14(18)16(20)17-13(3)9-5-2/h13-14H,4-12H2,1-3H3,(H,17,20). The molecule has 0 bridgehead atoms. The smallest absolute Gasteiger partial charge is 0.243 e. The van der Waals surface area contributed by atoms with Crippen molar-refractivity contribution in [2.24, 2.45) is 0 Å². The highest BCUT2D eigenvalue weighted by Gasteiger charge is 2.33. The minimum atomic E-state index is -0.233. The first kappa shape index (κ1) is 17.0. The van der Waals surface area contributed by atoms with Gasteiger partial charge in [0.15, 0.2) is 0 Å². The van der Waals surface area contributed by atoms with Gasteiger partial charge in [-0.15, -0.1) is 0 Å². The van der Waals surface area contributed by atoms with E-state index in [1.807, 2.05) is 6.92 Å². The molecule has 1 saturated heterocycles. The van der Waals surface area contributed by atoms with Crippen LogP contribution in [0.2, 0.25) is 0 Å². The second-order valence-electron chi connectivity index (χ2n) is 5.90. The Bertz CT molecular complexity index is 318. The van der Waals surface area contributed by atoms with Crippen molar-refractivity contribution in [1.29, 1.82) is 0 Å². The van der Waals surface area contributed by atoms with Crippen LogP contribution in [-0.2, 0) is 9.59 Å². The molecule has 4 heteroatoms. The van der Waals surface area contributed by atoms with Gasteiger partial charge in [0, 0.05) is 19.0 Å². The Hall–Kier alpha value is -1.06. The lowest BCUT2D eigenvalue weighted by molar-refractivity contribution is -0.138. The lowest BCUT2D eigenvalue weighted by Crippen LogP contribution is -2.48. The van der Waals surface area contributed by atoms with Crippen molar-refractivity contribution in [2.75, 3.05) is 6.54 Å². The number of unbranched alkanes of at least 4 members (excludes halogenated alkanes) is 2. The number of amides is 2. The molecule has 1 fully saturated rings. The predicted octanol–water partition coefficient (Wildman–Crippen LogP) is 2.86. The van der Waals surface area contributed by atoms with E-state index in [2.05, 4.69) is 19.2 Å². The first-order chi connectivity index (χ1) is 9.60. The number of carbonyl (C=O) groups excluding carboxylic acids is 2. The molecule has 0 aromatic carbocycles. The lowest BCUT2D eigenvalue weighted by Gasteiger charge is -2.25. The predicted molar refractivity (Wildman–Crippen MR) is 81.4 cm³/mol. The second-order valence-corrected chi connectivity index (χ2v) is 5.90. The van der Waals surface area contributed by atoms with Gasteiger partial charge in [0.05, 0.1) is 0 Å². The van der Waals surface area contributed by atoms with Gasteiger partial charge in [0.25, 0.3) is 0 Å². The van der Waals surface area contributed by atoms with Crippen molar-refractivity contribution in [3.63, 3.8) is 0 Å². The topological polar surface area (TPSA) is 49.4 Å². The molecule has 2 amide bonds. The molecule has 1 heterocycles. The molecule has 1 aliphatic heterocycles. The number of carbonyl (C=O) groups is 2. The molecule has 0 aliphatic carbocycles. The van der Waals surface area contributed by atoms with Gasteiger partial charge in [-0.2, -0.15) is 0 Å². The molecule has 0 radical (unpaired) electrons. The van der Waals surface area contributed by atoms with Gasteiger partial charge in [0.2, 0.25) is 11.8 Å². The summed E-state index contributed by atoms with van der Waals surface area (Å²) in [5.41, 5.74) is 0. The van der Waals surface area contributed by atoms with E-state index in [4.69, 9.17) is 0 Å². The van der Waals surface area contributed by atoms with Crippen LogP contribution in [0.25, 0.3) is 0 Å². The molecule has 2 unspecified atom stereocenters. The van der Waals surface area contributed by atoms with E-state index in [0.717, 1.165) is 51.5 Å². The molecule has 20 heavy (non-hydrogen) atoms. The maximum atomic E-state index is 12.3. The SMILES string of the molecule is CCCCCC(=O)N1CCCC1C(=O)NC(C)CCC. The van der Waals surface area contributed by atoms with E-state index in [1.54, 1.807) is 4.90 Å². The zero-order valence-electron chi connectivity index (χ0n) is 13.3. The van der Waals surface area contributed by atoms with E-state index in [1.165, 1.54) is 0 Å². The monoisotopic (exact) mass is 282 g/mol. The molecule has 1 aliphatic rings. The Balaban J connectivity index is 2.47. The summed E-state index contributed by atoms with van der Waals surface area (Å²) in [6.45, 7) is 7.02. The fourth-order valence-electron chi connectivity index (χ4n) is 2.85. The zero-order valence-corrected chi connectivity index (χ0v) is 13.3. The third-order valence-corrected chi connectivity index (χ3v) is 3.98. The first-order valence-electron chi connectivity index (χ1n) is 8.20. The molecular weight excluding hydrogens is 252 g/mol. The number of rotatable bonds is 8. The van der Waals surface area contributed by atoms with Crippen LogP contribution in [0.4, 0.5) is 0 Å². The van der Waals surface area contributed by atoms with Gasteiger partial charge < -0.3 is 10.2 Å². The Kier molecular flexibility index (Phi) is 7.63. The molecule has 0 spiro atoms. The van der Waals surface area contributed by atoms with E-state index >= 15 is 0 Å². The zero-order chi connectivity index (χ0) is 15.0. The normalized spacial score (nSPS) is 19.9. The second kappa shape index (κ2) is 8.98. The van der Waals surface area contributed by atoms with Crippen molar-refractivity contribution < 1.29 is 9.59 Å². The highest BCUT2D eigenvalue weighted by molar-refractivity contribution is 5.88. The van der Waals surface area contributed by atoms with Crippen LogP contribution in [-0.4, -0.2) is 35.3 Å². The van der Waals surface area contributed by atoms with Gasteiger partial charge in [-0.3, -0.25) is 9.59 Å². The summed E-state index contributed by atoms with van der Waals surface area (Å²) in [7, 11) is 0. The van der Waals surface area contributed by atoms with Crippen molar-refractivity contribution in [1.82, 2.24) is 10.2 Å². The first-order valence-corrected chi connectivity index (χ1v) is 8.20. The third kappa shape index (κ3) is 5.14. The summed E-state index contributed by atoms with van der Waals surface area (Å²) in [6.07, 6.45) is 7.53. The van der Waals surface area contributed by atoms with E-state index < -0.39 is 0 Å². The number of hydrogen-bond acceptors (Lipinski definition) is 2. The van der Waals surface area contributed by atoms with Crippen molar-refractivity contribution in [3.8, 4) is 0 Å². The summed E-state index contributed by atoms with van der Waals surface area (Å²) < 4.78 is 0. The van der Waals surface area contributed by atoms with Crippen molar-refractivity contribution in [3.05, 3.63) is 0 Å². The summed E-state index contributed by atoms with van der Waals surface area (Å²) in [5, 5.41) is 3.04. The third-order valence-electron chi connectivity index (χ3n) is 3.98. The molecule has 0 aromatic rings. The Morgan fingerprint density at radius 3 is 2.65 bits per heavy atom. The summed E-state index contributed by atoms with van der Waals surface area (Å²) in [6, 6.07) is -0.0337. The van der Waals surface area contributed by atoms with Crippen LogP contribution in [0.3, 0.4) is 0 Å². The minimum Gasteiger partial charge on any atom is -0.352 e. The number of hydrogen-bond donors (Lipinski definition) is 1. The minimum absolute atomic E-state index is 0.0345. The number of nitrogens with one attached hydrogen (secondary N) is 1. The highest BCUT2D eigenvalue weighted by atomic mass is 16.2. The van der Waals surface area contributed by atoms with Crippen LogP contribution in [0.15, 0.2) is 0 Å². The van der Waals surface area contributed by atoms with Crippen LogP contribution in [0.5, 0.6) is 0 Å². The maximum absolute atomic E-state index is 12.3. The average molecular weight is 282 g/mol. The fraction of sp³-hybridized carbons (Fsp3) is 0.875. The molecule has 1 N–H and O–H groups in total. The Morgan fingerprint density at radius 2 is 2.00 bits per heavy atom. The van der Waals surface area contributed by atoms with Crippen LogP contribution < -0.4 is 5.32 Å². The molecular formula is C16H30N2O2. The lowest BCUT2D eigenvalue weighted by atomic mass is 10.1. The van der Waals surface area contributed by atoms with E-state index in [-0.39, 0.29) is 23.9 Å². The average Bonchev–Trinajstić information content (AvgIpc) is 2.88. The molecule has 2 atom stereocenters.